The van der Waals surface area contributed by atoms with Gasteiger partial charge in [-0.05, 0) is 35.0 Å². The third-order valence-corrected chi connectivity index (χ3v) is 3.95. The lowest BCUT2D eigenvalue weighted by molar-refractivity contribution is 0.324. The highest BCUT2D eigenvalue weighted by atomic mass is 79.9. The Labute approximate surface area is 131 Å². The summed E-state index contributed by atoms with van der Waals surface area (Å²) in [4.78, 5) is 8.70. The summed E-state index contributed by atoms with van der Waals surface area (Å²) in [6.45, 7) is 1.85. The van der Waals surface area contributed by atoms with E-state index in [4.69, 9.17) is 19.9 Å². The second-order valence-electron chi connectivity index (χ2n) is 4.25. The number of hydrogen-bond donors (Lipinski definition) is 1. The molecule has 7 heteroatoms. The van der Waals surface area contributed by atoms with Gasteiger partial charge in [-0.3, -0.25) is 0 Å². The third-order valence-electron chi connectivity index (χ3n) is 2.97. The summed E-state index contributed by atoms with van der Waals surface area (Å²) in [7, 11) is 4.67. The Kier molecular flexibility index (Phi) is 4.52. The summed E-state index contributed by atoms with van der Waals surface area (Å²) >= 11 is 3.35. The van der Waals surface area contributed by atoms with E-state index in [1.54, 1.807) is 33.5 Å². The van der Waals surface area contributed by atoms with Crippen LogP contribution >= 0.6 is 15.9 Å². The third kappa shape index (κ3) is 2.87. The van der Waals surface area contributed by atoms with Gasteiger partial charge in [0.05, 0.1) is 31.5 Å². The van der Waals surface area contributed by atoms with Gasteiger partial charge in [-0.25, -0.2) is 9.97 Å². The smallest absolute Gasteiger partial charge is 0.203 e. The Morgan fingerprint density at radius 1 is 1.00 bits per heavy atom. The van der Waals surface area contributed by atoms with E-state index in [0.29, 0.717) is 33.4 Å². The highest BCUT2D eigenvalue weighted by molar-refractivity contribution is 9.10. The van der Waals surface area contributed by atoms with Crippen LogP contribution in [0.2, 0.25) is 0 Å². The lowest BCUT2D eigenvalue weighted by Gasteiger charge is -2.14. The molecule has 0 saturated heterocycles. The fourth-order valence-corrected chi connectivity index (χ4v) is 2.10. The normalized spacial score (nSPS) is 10.3. The monoisotopic (exact) mass is 353 g/mol. The summed E-state index contributed by atoms with van der Waals surface area (Å²) < 4.78 is 16.6. The number of anilines is 1. The van der Waals surface area contributed by atoms with Crippen LogP contribution in [0.4, 0.5) is 5.82 Å². The SMILES string of the molecule is COc1cc(-c2nc(C)c(Br)c(N)n2)cc(OC)c1OC. The molecule has 2 aromatic rings. The molecule has 0 aliphatic heterocycles. The Hall–Kier alpha value is -2.02. The molecule has 0 atom stereocenters. The number of hydrogen-bond acceptors (Lipinski definition) is 6. The van der Waals surface area contributed by atoms with Crippen molar-refractivity contribution in [3.63, 3.8) is 0 Å². The summed E-state index contributed by atoms with van der Waals surface area (Å²) in [5, 5.41) is 0. The van der Waals surface area contributed by atoms with Gasteiger partial charge < -0.3 is 19.9 Å². The van der Waals surface area contributed by atoms with E-state index in [1.807, 2.05) is 6.92 Å². The molecule has 112 valence electrons. The number of aryl methyl sites for hydroxylation is 1. The van der Waals surface area contributed by atoms with Crippen molar-refractivity contribution in [1.82, 2.24) is 9.97 Å². The number of ether oxygens (including phenoxy) is 3. The van der Waals surface area contributed by atoms with Gasteiger partial charge in [0.2, 0.25) is 5.75 Å². The number of nitrogens with zero attached hydrogens (tertiary/aromatic N) is 2. The molecular formula is C14H16BrN3O3. The molecule has 0 saturated carbocycles. The van der Waals surface area contributed by atoms with Gasteiger partial charge in [-0.15, -0.1) is 0 Å². The van der Waals surface area contributed by atoms with Crippen molar-refractivity contribution in [1.29, 1.82) is 0 Å². The lowest BCUT2D eigenvalue weighted by Crippen LogP contribution is -2.01. The quantitative estimate of drug-likeness (QED) is 0.910. The van der Waals surface area contributed by atoms with Gasteiger partial charge in [-0.2, -0.15) is 0 Å². The molecule has 0 radical (unpaired) electrons. The Bertz CT molecular complexity index is 628. The summed E-state index contributed by atoms with van der Waals surface area (Å²) in [5.41, 5.74) is 7.36. The minimum Gasteiger partial charge on any atom is -0.493 e. The van der Waals surface area contributed by atoms with Crippen molar-refractivity contribution in [3.8, 4) is 28.6 Å². The van der Waals surface area contributed by atoms with E-state index >= 15 is 0 Å². The van der Waals surface area contributed by atoms with E-state index in [2.05, 4.69) is 25.9 Å². The zero-order valence-electron chi connectivity index (χ0n) is 12.2. The van der Waals surface area contributed by atoms with E-state index in [0.717, 1.165) is 11.3 Å². The number of benzene rings is 1. The minimum atomic E-state index is 0.381. The number of aromatic nitrogens is 2. The van der Waals surface area contributed by atoms with Crippen molar-refractivity contribution < 1.29 is 14.2 Å². The van der Waals surface area contributed by atoms with Crippen LogP contribution in [-0.4, -0.2) is 31.3 Å². The van der Waals surface area contributed by atoms with Crippen LogP contribution in [0.25, 0.3) is 11.4 Å². The molecule has 0 bridgehead atoms. The summed E-state index contributed by atoms with van der Waals surface area (Å²) in [6, 6.07) is 3.56. The first-order valence-corrected chi connectivity index (χ1v) is 6.91. The zero-order chi connectivity index (χ0) is 15.6. The molecule has 0 aliphatic rings. The van der Waals surface area contributed by atoms with Crippen LogP contribution in [0.1, 0.15) is 5.69 Å². The number of rotatable bonds is 4. The minimum absolute atomic E-state index is 0.381. The average molecular weight is 354 g/mol. The standard InChI is InChI=1S/C14H16BrN3O3/c1-7-11(15)13(16)18-14(17-7)8-5-9(19-2)12(21-4)10(6-8)20-3/h5-6H,1-4H3,(H2,16,17,18). The predicted octanol–water partition coefficient (Wildman–Crippen LogP) is 2.82. The van der Waals surface area contributed by atoms with Crippen molar-refractivity contribution in [2.24, 2.45) is 0 Å². The largest absolute Gasteiger partial charge is 0.493 e. The lowest BCUT2D eigenvalue weighted by atomic mass is 10.1. The van der Waals surface area contributed by atoms with Crippen molar-refractivity contribution in [2.75, 3.05) is 27.1 Å². The molecule has 21 heavy (non-hydrogen) atoms. The van der Waals surface area contributed by atoms with Gasteiger partial charge >= 0.3 is 0 Å². The number of nitrogen functional groups attached to an aromatic ring is 1. The van der Waals surface area contributed by atoms with Crippen LogP contribution in [0.15, 0.2) is 16.6 Å². The van der Waals surface area contributed by atoms with Crippen molar-refractivity contribution >= 4 is 21.7 Å². The highest BCUT2D eigenvalue weighted by Gasteiger charge is 2.16. The highest BCUT2D eigenvalue weighted by Crippen LogP contribution is 2.40. The first kappa shape index (κ1) is 15.4. The maximum Gasteiger partial charge on any atom is 0.203 e. The maximum absolute atomic E-state index is 5.87. The maximum atomic E-state index is 5.87. The molecule has 1 aromatic carbocycles. The van der Waals surface area contributed by atoms with Crippen molar-refractivity contribution in [2.45, 2.75) is 6.92 Å². The Balaban J connectivity index is 2.64. The molecule has 0 amide bonds. The molecule has 0 unspecified atom stereocenters. The summed E-state index contributed by atoms with van der Waals surface area (Å²) in [6.07, 6.45) is 0. The van der Waals surface area contributed by atoms with Crippen molar-refractivity contribution in [3.05, 3.63) is 22.3 Å². The van der Waals surface area contributed by atoms with Crippen LogP contribution in [-0.2, 0) is 0 Å². The molecule has 2 rings (SSSR count). The van der Waals surface area contributed by atoms with Gasteiger partial charge in [-0.1, -0.05) is 0 Å². The van der Waals surface area contributed by atoms with E-state index in [9.17, 15) is 0 Å². The second-order valence-corrected chi connectivity index (χ2v) is 5.04. The molecule has 6 nitrogen and oxygen atoms in total. The van der Waals surface area contributed by atoms with Gasteiger partial charge in [0, 0.05) is 5.56 Å². The molecule has 1 heterocycles. The number of methoxy groups -OCH3 is 3. The molecule has 0 spiro atoms. The van der Waals surface area contributed by atoms with E-state index in [-0.39, 0.29) is 0 Å². The van der Waals surface area contributed by atoms with Crippen LogP contribution in [0, 0.1) is 6.92 Å². The second kappa shape index (κ2) is 6.17. The molecule has 2 N–H and O–H groups in total. The number of nitrogens with two attached hydrogens (primary N) is 1. The zero-order valence-corrected chi connectivity index (χ0v) is 13.8. The van der Waals surface area contributed by atoms with E-state index < -0.39 is 0 Å². The predicted molar refractivity (Wildman–Crippen MR) is 84.0 cm³/mol. The van der Waals surface area contributed by atoms with Crippen LogP contribution < -0.4 is 19.9 Å². The molecular weight excluding hydrogens is 338 g/mol. The van der Waals surface area contributed by atoms with Gasteiger partial charge in [0.1, 0.15) is 5.82 Å². The van der Waals surface area contributed by atoms with Crippen LogP contribution in [0.3, 0.4) is 0 Å². The van der Waals surface area contributed by atoms with Gasteiger partial charge in [0.15, 0.2) is 17.3 Å². The average Bonchev–Trinajstić information content (AvgIpc) is 2.50. The fourth-order valence-electron chi connectivity index (χ4n) is 1.92. The Morgan fingerprint density at radius 2 is 1.57 bits per heavy atom. The molecule has 1 aromatic heterocycles. The fraction of sp³-hybridized carbons (Fsp3) is 0.286. The number of halogens is 1. The Morgan fingerprint density at radius 3 is 2.00 bits per heavy atom. The molecule has 0 aliphatic carbocycles. The van der Waals surface area contributed by atoms with Crippen LogP contribution in [0.5, 0.6) is 17.2 Å². The summed E-state index contributed by atoms with van der Waals surface area (Å²) in [5.74, 6) is 2.47. The van der Waals surface area contributed by atoms with Gasteiger partial charge in [0.25, 0.3) is 0 Å². The first-order chi connectivity index (χ1) is 10.0. The molecule has 0 fully saturated rings. The first-order valence-electron chi connectivity index (χ1n) is 6.11. The topological polar surface area (TPSA) is 79.5 Å². The van der Waals surface area contributed by atoms with E-state index in [1.165, 1.54) is 0 Å².